The minimum Gasteiger partial charge on any atom is -0.322 e. The molecule has 128 valence electrons. The molecular formula is C18H19F3N2O. The summed E-state index contributed by atoms with van der Waals surface area (Å²) < 4.78 is 39.6. The molecule has 0 fully saturated rings. The number of carbonyl (C=O) groups is 1. The Morgan fingerprint density at radius 1 is 1.08 bits per heavy atom. The molecule has 2 aromatic rings. The summed E-state index contributed by atoms with van der Waals surface area (Å²) in [5, 5.41) is 2.26. The first-order valence-corrected chi connectivity index (χ1v) is 7.46. The molecule has 0 aromatic heterocycles. The highest BCUT2D eigenvalue weighted by Crippen LogP contribution is 2.19. The van der Waals surface area contributed by atoms with Crippen molar-refractivity contribution in [3.63, 3.8) is 0 Å². The summed E-state index contributed by atoms with van der Waals surface area (Å²) >= 11 is 0. The third-order valence-electron chi connectivity index (χ3n) is 3.66. The number of aryl methyl sites for hydroxylation is 2. The van der Waals surface area contributed by atoms with Gasteiger partial charge >= 0.3 is 0 Å². The number of hydrogen-bond donors (Lipinski definition) is 1. The molecule has 0 spiro atoms. The Labute approximate surface area is 139 Å². The average Bonchev–Trinajstić information content (AvgIpc) is 2.50. The maximum Gasteiger partial charge on any atom is 0.238 e. The molecule has 6 heteroatoms. The lowest BCUT2D eigenvalue weighted by atomic mass is 10.1. The van der Waals surface area contributed by atoms with Gasteiger partial charge in [-0.15, -0.1) is 0 Å². The zero-order valence-electron chi connectivity index (χ0n) is 13.8. The van der Waals surface area contributed by atoms with Gasteiger partial charge in [0.2, 0.25) is 5.91 Å². The predicted octanol–water partition coefficient (Wildman–Crippen LogP) is 3.79. The van der Waals surface area contributed by atoms with Crippen LogP contribution in [0, 0.1) is 31.3 Å². The Bertz CT molecular complexity index is 762. The summed E-state index contributed by atoms with van der Waals surface area (Å²) in [4.78, 5) is 13.7. The van der Waals surface area contributed by atoms with Crippen molar-refractivity contribution in [1.29, 1.82) is 0 Å². The highest BCUT2D eigenvalue weighted by atomic mass is 19.2. The van der Waals surface area contributed by atoms with Crippen LogP contribution in [0.1, 0.15) is 16.7 Å². The minimum atomic E-state index is -1.60. The van der Waals surface area contributed by atoms with Crippen molar-refractivity contribution in [3.05, 3.63) is 64.5 Å². The zero-order valence-corrected chi connectivity index (χ0v) is 13.8. The number of hydrogen-bond acceptors (Lipinski definition) is 2. The van der Waals surface area contributed by atoms with Crippen LogP contribution in [-0.4, -0.2) is 24.4 Å². The molecule has 0 atom stereocenters. The van der Waals surface area contributed by atoms with E-state index in [1.807, 2.05) is 26.0 Å². The molecule has 0 heterocycles. The second-order valence-electron chi connectivity index (χ2n) is 5.87. The summed E-state index contributed by atoms with van der Waals surface area (Å²) in [5.41, 5.74) is 2.98. The fraction of sp³-hybridized carbons (Fsp3) is 0.278. The van der Waals surface area contributed by atoms with Crippen molar-refractivity contribution in [2.75, 3.05) is 18.9 Å². The van der Waals surface area contributed by atoms with E-state index in [0.29, 0.717) is 6.54 Å². The van der Waals surface area contributed by atoms with Crippen LogP contribution in [0.25, 0.3) is 0 Å². The van der Waals surface area contributed by atoms with Crippen LogP contribution in [-0.2, 0) is 11.3 Å². The lowest BCUT2D eigenvalue weighted by Gasteiger charge is -2.18. The van der Waals surface area contributed by atoms with Crippen molar-refractivity contribution in [2.24, 2.45) is 0 Å². The number of nitrogens with zero attached hydrogens (tertiary/aromatic N) is 1. The van der Waals surface area contributed by atoms with Crippen molar-refractivity contribution in [2.45, 2.75) is 20.4 Å². The van der Waals surface area contributed by atoms with Crippen LogP contribution < -0.4 is 5.32 Å². The second kappa shape index (κ2) is 7.49. The summed E-state index contributed by atoms with van der Waals surface area (Å²) in [7, 11) is 1.75. The van der Waals surface area contributed by atoms with Gasteiger partial charge < -0.3 is 5.32 Å². The summed E-state index contributed by atoms with van der Waals surface area (Å²) in [6.07, 6.45) is 0. The van der Waals surface area contributed by atoms with Crippen molar-refractivity contribution >= 4 is 11.6 Å². The van der Waals surface area contributed by atoms with E-state index in [9.17, 15) is 18.0 Å². The SMILES string of the molecule is Cc1ccc(CN(C)CC(=O)Nc2ccc(F)c(F)c2F)c(C)c1. The van der Waals surface area contributed by atoms with Gasteiger partial charge in [-0.3, -0.25) is 9.69 Å². The zero-order chi connectivity index (χ0) is 17.9. The second-order valence-corrected chi connectivity index (χ2v) is 5.87. The molecule has 0 saturated carbocycles. The summed E-state index contributed by atoms with van der Waals surface area (Å²) in [6.45, 7) is 4.53. The number of halogens is 3. The van der Waals surface area contributed by atoms with Crippen LogP contribution in [0.3, 0.4) is 0 Å². The van der Waals surface area contributed by atoms with Gasteiger partial charge in [-0.2, -0.15) is 0 Å². The van der Waals surface area contributed by atoms with Crippen LogP contribution in [0.4, 0.5) is 18.9 Å². The van der Waals surface area contributed by atoms with E-state index in [0.717, 1.165) is 28.8 Å². The van der Waals surface area contributed by atoms with Gasteiger partial charge in [0.25, 0.3) is 0 Å². The maximum absolute atomic E-state index is 13.6. The molecule has 0 radical (unpaired) electrons. The molecular weight excluding hydrogens is 317 g/mol. The molecule has 3 nitrogen and oxygen atoms in total. The van der Waals surface area contributed by atoms with E-state index in [1.165, 1.54) is 0 Å². The highest BCUT2D eigenvalue weighted by Gasteiger charge is 2.16. The van der Waals surface area contributed by atoms with Crippen LogP contribution in [0.5, 0.6) is 0 Å². The third-order valence-corrected chi connectivity index (χ3v) is 3.66. The van der Waals surface area contributed by atoms with Gasteiger partial charge in [0.05, 0.1) is 12.2 Å². The average molecular weight is 336 g/mol. The Hall–Kier alpha value is -2.34. The predicted molar refractivity (Wildman–Crippen MR) is 87.2 cm³/mol. The Morgan fingerprint density at radius 3 is 2.46 bits per heavy atom. The molecule has 0 aliphatic rings. The van der Waals surface area contributed by atoms with E-state index in [4.69, 9.17) is 0 Å². The molecule has 1 amide bonds. The molecule has 24 heavy (non-hydrogen) atoms. The van der Waals surface area contributed by atoms with Crippen LogP contribution in [0.15, 0.2) is 30.3 Å². The third kappa shape index (κ3) is 4.35. The topological polar surface area (TPSA) is 32.3 Å². The highest BCUT2D eigenvalue weighted by molar-refractivity contribution is 5.92. The fourth-order valence-corrected chi connectivity index (χ4v) is 2.43. The number of anilines is 1. The van der Waals surface area contributed by atoms with E-state index in [2.05, 4.69) is 11.4 Å². The van der Waals surface area contributed by atoms with E-state index < -0.39 is 23.4 Å². The fourth-order valence-electron chi connectivity index (χ4n) is 2.43. The van der Waals surface area contributed by atoms with E-state index >= 15 is 0 Å². The summed E-state index contributed by atoms with van der Waals surface area (Å²) in [6, 6.07) is 7.81. The molecule has 2 aromatic carbocycles. The lowest BCUT2D eigenvalue weighted by Crippen LogP contribution is -2.30. The first-order valence-electron chi connectivity index (χ1n) is 7.46. The van der Waals surface area contributed by atoms with Crippen molar-refractivity contribution < 1.29 is 18.0 Å². The Morgan fingerprint density at radius 2 is 1.79 bits per heavy atom. The quantitative estimate of drug-likeness (QED) is 0.843. The number of carbonyl (C=O) groups excluding carboxylic acids is 1. The number of benzene rings is 2. The molecule has 1 N–H and O–H groups in total. The van der Waals surface area contributed by atoms with Crippen LogP contribution >= 0.6 is 0 Å². The minimum absolute atomic E-state index is 0.00818. The Kier molecular flexibility index (Phi) is 5.62. The van der Waals surface area contributed by atoms with Crippen molar-refractivity contribution in [1.82, 2.24) is 4.90 Å². The molecule has 0 saturated heterocycles. The molecule has 0 bridgehead atoms. The maximum atomic E-state index is 13.6. The summed E-state index contributed by atoms with van der Waals surface area (Å²) in [5.74, 6) is -4.80. The number of likely N-dealkylation sites (N-methyl/N-ethyl adjacent to an activating group) is 1. The smallest absolute Gasteiger partial charge is 0.238 e. The van der Waals surface area contributed by atoms with Crippen LogP contribution in [0.2, 0.25) is 0 Å². The first kappa shape index (κ1) is 18.0. The normalized spacial score (nSPS) is 11.0. The largest absolute Gasteiger partial charge is 0.322 e. The van der Waals surface area contributed by atoms with E-state index in [1.54, 1.807) is 11.9 Å². The lowest BCUT2D eigenvalue weighted by molar-refractivity contribution is -0.117. The van der Waals surface area contributed by atoms with Gasteiger partial charge in [-0.05, 0) is 44.2 Å². The van der Waals surface area contributed by atoms with Gasteiger partial charge in [0.15, 0.2) is 17.5 Å². The van der Waals surface area contributed by atoms with Gasteiger partial charge in [-0.25, -0.2) is 13.2 Å². The standard InChI is InChI=1S/C18H19F3N2O/c1-11-4-5-13(12(2)8-11)9-23(3)10-16(24)22-15-7-6-14(19)17(20)18(15)21/h4-8H,9-10H2,1-3H3,(H,22,24). The van der Waals surface area contributed by atoms with Gasteiger partial charge in [-0.1, -0.05) is 23.8 Å². The van der Waals surface area contributed by atoms with Gasteiger partial charge in [0, 0.05) is 6.54 Å². The molecule has 2 rings (SSSR count). The molecule has 0 aliphatic heterocycles. The Balaban J connectivity index is 1.98. The number of rotatable bonds is 5. The molecule has 0 unspecified atom stereocenters. The number of amides is 1. The van der Waals surface area contributed by atoms with Crippen molar-refractivity contribution in [3.8, 4) is 0 Å². The number of nitrogens with one attached hydrogen (secondary N) is 1. The van der Waals surface area contributed by atoms with E-state index in [-0.39, 0.29) is 12.2 Å². The van der Waals surface area contributed by atoms with Gasteiger partial charge in [0.1, 0.15) is 0 Å². The molecule has 0 aliphatic carbocycles. The first-order chi connectivity index (χ1) is 11.3. The monoisotopic (exact) mass is 336 g/mol.